The summed E-state index contributed by atoms with van der Waals surface area (Å²) in [7, 11) is 0. The fourth-order valence-electron chi connectivity index (χ4n) is 1.82. The predicted molar refractivity (Wildman–Crippen MR) is 62.7 cm³/mol. The second kappa shape index (κ2) is 5.18. The Hall–Kier alpha value is -1.89. The average molecular weight is 252 g/mol. The highest BCUT2D eigenvalue weighted by Gasteiger charge is 2.26. The largest absolute Gasteiger partial charge is 0.481 e. The third-order valence-electron chi connectivity index (χ3n) is 3.05. The van der Waals surface area contributed by atoms with E-state index in [1.807, 2.05) is 0 Å². The van der Waals surface area contributed by atoms with Crippen LogP contribution in [0.15, 0.2) is 6.33 Å². The van der Waals surface area contributed by atoms with Crippen molar-refractivity contribution in [3.05, 3.63) is 17.7 Å². The summed E-state index contributed by atoms with van der Waals surface area (Å²) in [5.74, 6) is -1.68. The van der Waals surface area contributed by atoms with Crippen LogP contribution in [0, 0.1) is 5.92 Å². The number of nitrogens with one attached hydrogen (secondary N) is 3. The number of carbonyl (C=O) groups excluding carboxylic acids is 1. The molecule has 0 fully saturated rings. The van der Waals surface area contributed by atoms with Gasteiger partial charge in [0.15, 0.2) is 0 Å². The normalized spacial score (nSPS) is 19.9. The molecule has 2 unspecified atom stereocenters. The van der Waals surface area contributed by atoms with E-state index in [2.05, 4.69) is 20.6 Å². The second-order valence-electron chi connectivity index (χ2n) is 4.45. The minimum atomic E-state index is -0.915. The van der Waals surface area contributed by atoms with Crippen molar-refractivity contribution < 1.29 is 14.7 Å². The van der Waals surface area contributed by atoms with Gasteiger partial charge in [-0.25, -0.2) is 4.98 Å². The monoisotopic (exact) mass is 252 g/mol. The Kier molecular flexibility index (Phi) is 3.61. The first-order valence-electron chi connectivity index (χ1n) is 5.83. The quantitative estimate of drug-likeness (QED) is 0.564. The van der Waals surface area contributed by atoms with Crippen LogP contribution in [-0.4, -0.2) is 39.5 Å². The number of nitrogens with zero attached hydrogens (tertiary/aromatic N) is 1. The molecule has 0 bridgehead atoms. The van der Waals surface area contributed by atoms with Crippen LogP contribution in [-0.2, 0) is 22.6 Å². The van der Waals surface area contributed by atoms with Crippen LogP contribution < -0.4 is 10.6 Å². The molecule has 2 rings (SSSR count). The van der Waals surface area contributed by atoms with Gasteiger partial charge < -0.3 is 15.4 Å². The van der Waals surface area contributed by atoms with Crippen LogP contribution in [0.25, 0.3) is 0 Å². The van der Waals surface area contributed by atoms with Crippen molar-refractivity contribution in [2.24, 2.45) is 5.92 Å². The number of H-pyrrole nitrogens is 1. The number of fused-ring (bicyclic) bond motifs is 1. The molecule has 7 nitrogen and oxygen atoms in total. The molecule has 2 atom stereocenters. The van der Waals surface area contributed by atoms with Gasteiger partial charge in [0.25, 0.3) is 0 Å². The van der Waals surface area contributed by atoms with Crippen molar-refractivity contribution in [2.75, 3.05) is 6.54 Å². The number of rotatable bonds is 4. The summed E-state index contributed by atoms with van der Waals surface area (Å²) in [5.41, 5.74) is 1.89. The predicted octanol–water partition coefficient (Wildman–Crippen LogP) is -0.739. The van der Waals surface area contributed by atoms with E-state index in [0.717, 1.165) is 11.4 Å². The molecule has 1 aliphatic heterocycles. The zero-order valence-corrected chi connectivity index (χ0v) is 10.1. The fourth-order valence-corrected chi connectivity index (χ4v) is 1.82. The van der Waals surface area contributed by atoms with Gasteiger partial charge in [-0.05, 0) is 0 Å². The SMILES string of the molecule is CC(CNC(=O)C1Cc2nc[nH]c2CN1)C(=O)O. The zero-order chi connectivity index (χ0) is 13.1. The number of hydrogen-bond acceptors (Lipinski definition) is 4. The van der Waals surface area contributed by atoms with Crippen LogP contribution >= 0.6 is 0 Å². The Bertz CT molecular complexity index is 457. The van der Waals surface area contributed by atoms with E-state index in [-0.39, 0.29) is 18.5 Å². The average Bonchev–Trinajstić information content (AvgIpc) is 2.82. The van der Waals surface area contributed by atoms with Gasteiger partial charge in [-0.3, -0.25) is 14.9 Å². The molecule has 0 aliphatic carbocycles. The first kappa shape index (κ1) is 12.6. The topological polar surface area (TPSA) is 107 Å². The molecular formula is C11H16N4O3. The van der Waals surface area contributed by atoms with Crippen molar-refractivity contribution >= 4 is 11.9 Å². The number of amides is 1. The maximum absolute atomic E-state index is 11.9. The molecule has 0 saturated carbocycles. The van der Waals surface area contributed by atoms with E-state index < -0.39 is 11.9 Å². The van der Waals surface area contributed by atoms with E-state index >= 15 is 0 Å². The number of carboxylic acids is 1. The number of hydrogen-bond donors (Lipinski definition) is 4. The van der Waals surface area contributed by atoms with E-state index in [4.69, 9.17) is 5.11 Å². The Morgan fingerprint density at radius 2 is 2.44 bits per heavy atom. The van der Waals surface area contributed by atoms with Crippen LogP contribution in [0.1, 0.15) is 18.3 Å². The second-order valence-corrected chi connectivity index (χ2v) is 4.45. The van der Waals surface area contributed by atoms with Gasteiger partial charge in [-0.1, -0.05) is 6.92 Å². The maximum atomic E-state index is 11.9. The van der Waals surface area contributed by atoms with Gasteiger partial charge in [0, 0.05) is 19.5 Å². The third kappa shape index (κ3) is 2.67. The molecule has 98 valence electrons. The Morgan fingerprint density at radius 1 is 1.67 bits per heavy atom. The van der Waals surface area contributed by atoms with Crippen molar-refractivity contribution in [1.29, 1.82) is 0 Å². The number of aromatic nitrogens is 2. The van der Waals surface area contributed by atoms with Gasteiger partial charge in [-0.2, -0.15) is 0 Å². The van der Waals surface area contributed by atoms with Crippen LogP contribution in [0.2, 0.25) is 0 Å². The molecule has 18 heavy (non-hydrogen) atoms. The van der Waals surface area contributed by atoms with Crippen molar-refractivity contribution in [3.63, 3.8) is 0 Å². The summed E-state index contributed by atoms with van der Waals surface area (Å²) < 4.78 is 0. The number of aliphatic carboxylic acids is 1. The summed E-state index contributed by atoms with van der Waals surface area (Å²) in [5, 5.41) is 14.4. The Morgan fingerprint density at radius 3 is 3.17 bits per heavy atom. The van der Waals surface area contributed by atoms with E-state index in [1.165, 1.54) is 0 Å². The molecule has 1 aromatic rings. The molecular weight excluding hydrogens is 236 g/mol. The first-order valence-corrected chi connectivity index (χ1v) is 5.83. The summed E-state index contributed by atoms with van der Waals surface area (Å²) in [4.78, 5) is 29.6. The highest BCUT2D eigenvalue weighted by atomic mass is 16.4. The highest BCUT2D eigenvalue weighted by molar-refractivity contribution is 5.83. The van der Waals surface area contributed by atoms with Gasteiger partial charge >= 0.3 is 5.97 Å². The summed E-state index contributed by atoms with van der Waals surface area (Å²) in [6.07, 6.45) is 2.13. The molecule has 0 aromatic carbocycles. The van der Waals surface area contributed by atoms with Crippen LogP contribution in [0.5, 0.6) is 0 Å². The molecule has 7 heteroatoms. The van der Waals surface area contributed by atoms with Crippen molar-refractivity contribution in [2.45, 2.75) is 25.9 Å². The van der Waals surface area contributed by atoms with Crippen molar-refractivity contribution in [1.82, 2.24) is 20.6 Å². The lowest BCUT2D eigenvalue weighted by atomic mass is 10.0. The standard InChI is InChI=1S/C11H16N4O3/c1-6(11(17)18)3-13-10(16)8-2-7-9(4-12-8)15-5-14-7/h5-6,8,12H,2-4H2,1H3,(H,13,16)(H,14,15)(H,17,18). The number of carboxylic acid groups (broad SMARTS) is 1. The van der Waals surface area contributed by atoms with E-state index in [1.54, 1.807) is 13.3 Å². The van der Waals surface area contributed by atoms with Gasteiger partial charge in [0.2, 0.25) is 5.91 Å². The zero-order valence-electron chi connectivity index (χ0n) is 10.1. The summed E-state index contributed by atoms with van der Waals surface area (Å²) in [6.45, 7) is 2.27. The van der Waals surface area contributed by atoms with Gasteiger partial charge in [-0.15, -0.1) is 0 Å². The fraction of sp³-hybridized carbons (Fsp3) is 0.545. The highest BCUT2D eigenvalue weighted by Crippen LogP contribution is 2.12. The van der Waals surface area contributed by atoms with Crippen LogP contribution in [0.4, 0.5) is 0 Å². The number of carbonyl (C=O) groups is 2. The Labute approximate surface area is 104 Å². The van der Waals surface area contributed by atoms with E-state index in [0.29, 0.717) is 13.0 Å². The maximum Gasteiger partial charge on any atom is 0.308 e. The number of aromatic amines is 1. The molecule has 4 N–H and O–H groups in total. The summed E-state index contributed by atoms with van der Waals surface area (Å²) in [6, 6.07) is -0.346. The lowest BCUT2D eigenvalue weighted by molar-refractivity contribution is -0.141. The van der Waals surface area contributed by atoms with Gasteiger partial charge in [0.05, 0.1) is 29.7 Å². The smallest absolute Gasteiger partial charge is 0.308 e. The van der Waals surface area contributed by atoms with Crippen molar-refractivity contribution in [3.8, 4) is 0 Å². The molecule has 1 aromatic heterocycles. The molecule has 2 heterocycles. The molecule has 1 aliphatic rings. The third-order valence-corrected chi connectivity index (χ3v) is 3.05. The minimum absolute atomic E-state index is 0.139. The summed E-state index contributed by atoms with van der Waals surface area (Å²) >= 11 is 0. The van der Waals surface area contributed by atoms with Crippen LogP contribution in [0.3, 0.4) is 0 Å². The lowest BCUT2D eigenvalue weighted by Crippen LogP contribution is -2.48. The molecule has 0 saturated heterocycles. The molecule has 1 amide bonds. The minimum Gasteiger partial charge on any atom is -0.481 e. The number of imidazole rings is 1. The first-order chi connectivity index (χ1) is 8.58. The molecule has 0 spiro atoms. The van der Waals surface area contributed by atoms with Gasteiger partial charge in [0.1, 0.15) is 0 Å². The lowest BCUT2D eigenvalue weighted by Gasteiger charge is -2.22. The van der Waals surface area contributed by atoms with E-state index in [9.17, 15) is 9.59 Å². The molecule has 0 radical (unpaired) electrons. The Balaban J connectivity index is 1.86.